The molecule has 0 atom stereocenters. The van der Waals surface area contributed by atoms with Gasteiger partial charge in [-0.3, -0.25) is 5.10 Å². The van der Waals surface area contributed by atoms with Crippen LogP contribution < -0.4 is 0 Å². The summed E-state index contributed by atoms with van der Waals surface area (Å²) in [6.45, 7) is 3.45. The molecule has 0 bridgehead atoms. The van der Waals surface area contributed by atoms with E-state index in [0.717, 1.165) is 25.3 Å². The second-order valence-electron chi connectivity index (χ2n) is 5.97. The van der Waals surface area contributed by atoms with E-state index in [2.05, 4.69) is 15.1 Å². The molecule has 4 heteroatoms. The number of benzene rings is 1. The Hall–Kier alpha value is -1.68. The van der Waals surface area contributed by atoms with Crippen molar-refractivity contribution in [2.75, 3.05) is 19.6 Å². The minimum Gasteiger partial charge on any atom is -0.303 e. The summed E-state index contributed by atoms with van der Waals surface area (Å²) in [5.74, 6) is 0.591. The van der Waals surface area contributed by atoms with Gasteiger partial charge in [0.1, 0.15) is 5.82 Å². The van der Waals surface area contributed by atoms with Gasteiger partial charge in [0.05, 0.1) is 6.20 Å². The molecule has 1 aliphatic rings. The van der Waals surface area contributed by atoms with E-state index >= 15 is 0 Å². The van der Waals surface area contributed by atoms with Crippen LogP contribution in [-0.2, 0) is 12.8 Å². The topological polar surface area (TPSA) is 31.9 Å². The van der Waals surface area contributed by atoms with Gasteiger partial charge in [0, 0.05) is 12.7 Å². The van der Waals surface area contributed by atoms with Crippen LogP contribution in [0.15, 0.2) is 36.7 Å². The smallest absolute Gasteiger partial charge is 0.123 e. The van der Waals surface area contributed by atoms with Crippen molar-refractivity contribution in [3.8, 4) is 0 Å². The molecule has 1 N–H and O–H groups in total. The summed E-state index contributed by atoms with van der Waals surface area (Å²) in [6, 6.07) is 6.96. The van der Waals surface area contributed by atoms with Crippen molar-refractivity contribution >= 4 is 0 Å². The van der Waals surface area contributed by atoms with E-state index in [9.17, 15) is 4.39 Å². The molecule has 0 saturated carbocycles. The Morgan fingerprint density at radius 1 is 1.14 bits per heavy atom. The highest BCUT2D eigenvalue weighted by atomic mass is 19.1. The van der Waals surface area contributed by atoms with Gasteiger partial charge < -0.3 is 4.90 Å². The minimum absolute atomic E-state index is 0.146. The summed E-state index contributed by atoms with van der Waals surface area (Å²) in [7, 11) is 0. The van der Waals surface area contributed by atoms with Gasteiger partial charge in [-0.25, -0.2) is 4.39 Å². The second kappa shape index (κ2) is 6.85. The molecule has 0 unspecified atom stereocenters. The van der Waals surface area contributed by atoms with Crippen LogP contribution in [0, 0.1) is 11.7 Å². The summed E-state index contributed by atoms with van der Waals surface area (Å²) >= 11 is 0. The molecule has 0 radical (unpaired) electrons. The number of hydrogen-bond acceptors (Lipinski definition) is 2. The summed E-state index contributed by atoms with van der Waals surface area (Å²) in [4.78, 5) is 2.54. The number of aromatic amines is 1. The van der Waals surface area contributed by atoms with E-state index in [4.69, 9.17) is 0 Å². The fourth-order valence-corrected chi connectivity index (χ4v) is 3.07. The molecule has 1 aliphatic heterocycles. The van der Waals surface area contributed by atoms with Crippen LogP contribution >= 0.6 is 0 Å². The van der Waals surface area contributed by atoms with Gasteiger partial charge >= 0.3 is 0 Å². The van der Waals surface area contributed by atoms with Gasteiger partial charge in [0.2, 0.25) is 0 Å². The maximum atomic E-state index is 12.9. The monoisotopic (exact) mass is 287 g/mol. The first-order chi connectivity index (χ1) is 10.3. The van der Waals surface area contributed by atoms with Crippen molar-refractivity contribution in [2.24, 2.45) is 5.92 Å². The third-order valence-corrected chi connectivity index (χ3v) is 4.42. The lowest BCUT2D eigenvalue weighted by Gasteiger charge is -2.32. The molecule has 21 heavy (non-hydrogen) atoms. The van der Waals surface area contributed by atoms with Crippen molar-refractivity contribution < 1.29 is 4.39 Å². The first-order valence-corrected chi connectivity index (χ1v) is 7.74. The van der Waals surface area contributed by atoms with Gasteiger partial charge in [-0.15, -0.1) is 0 Å². The molecule has 0 amide bonds. The van der Waals surface area contributed by atoms with E-state index < -0.39 is 0 Å². The Kier molecular flexibility index (Phi) is 4.65. The van der Waals surface area contributed by atoms with E-state index in [1.807, 2.05) is 24.5 Å². The maximum absolute atomic E-state index is 12.9. The predicted molar refractivity (Wildman–Crippen MR) is 81.6 cm³/mol. The molecule has 1 aromatic carbocycles. The quantitative estimate of drug-likeness (QED) is 0.916. The number of likely N-dealkylation sites (tertiary alicyclic amines) is 1. The number of H-pyrrole nitrogens is 1. The molecular formula is C17H22FN3. The minimum atomic E-state index is -0.146. The number of halogens is 1. The Labute approximate surface area is 125 Å². The van der Waals surface area contributed by atoms with Crippen molar-refractivity contribution in [1.29, 1.82) is 0 Å². The standard InChI is InChI=1S/C17H22FN3/c18-17-3-1-14(2-4-17)11-15-5-8-21(9-6-15)10-7-16-12-19-20-13-16/h1-4,12-13,15H,5-11H2,(H,19,20). The molecule has 112 valence electrons. The molecule has 0 spiro atoms. The normalized spacial score (nSPS) is 17.2. The second-order valence-corrected chi connectivity index (χ2v) is 5.97. The van der Waals surface area contributed by atoms with Crippen LogP contribution in [0.25, 0.3) is 0 Å². The van der Waals surface area contributed by atoms with Gasteiger partial charge in [-0.1, -0.05) is 12.1 Å². The molecule has 1 fully saturated rings. The van der Waals surface area contributed by atoms with E-state index in [-0.39, 0.29) is 5.82 Å². The zero-order chi connectivity index (χ0) is 14.5. The molecule has 3 nitrogen and oxygen atoms in total. The SMILES string of the molecule is Fc1ccc(CC2CCN(CCc3cn[nH]c3)CC2)cc1. The highest BCUT2D eigenvalue weighted by molar-refractivity contribution is 5.16. The number of aromatic nitrogens is 2. The van der Waals surface area contributed by atoms with Crippen molar-refractivity contribution in [3.05, 3.63) is 53.6 Å². The van der Waals surface area contributed by atoms with Crippen molar-refractivity contribution in [1.82, 2.24) is 15.1 Å². The fourth-order valence-electron chi connectivity index (χ4n) is 3.07. The number of rotatable bonds is 5. The van der Waals surface area contributed by atoms with Gasteiger partial charge in [0.15, 0.2) is 0 Å². The number of nitrogens with one attached hydrogen (secondary N) is 1. The Balaban J connectivity index is 1.41. The van der Waals surface area contributed by atoms with Crippen LogP contribution in [0.1, 0.15) is 24.0 Å². The summed E-state index contributed by atoms with van der Waals surface area (Å²) in [5.41, 5.74) is 2.54. The van der Waals surface area contributed by atoms with Gasteiger partial charge in [0.25, 0.3) is 0 Å². The Morgan fingerprint density at radius 3 is 2.57 bits per heavy atom. The summed E-state index contributed by atoms with van der Waals surface area (Å²) in [6.07, 6.45) is 8.50. The van der Waals surface area contributed by atoms with Crippen LogP contribution in [0.2, 0.25) is 0 Å². The first-order valence-electron chi connectivity index (χ1n) is 7.74. The average Bonchev–Trinajstić information content (AvgIpc) is 3.02. The lowest BCUT2D eigenvalue weighted by atomic mass is 9.90. The van der Waals surface area contributed by atoms with E-state index in [1.54, 1.807) is 12.1 Å². The van der Waals surface area contributed by atoms with Crippen molar-refractivity contribution in [3.63, 3.8) is 0 Å². The molecule has 1 aromatic heterocycles. The van der Waals surface area contributed by atoms with Gasteiger partial charge in [-0.2, -0.15) is 5.10 Å². The average molecular weight is 287 g/mol. The van der Waals surface area contributed by atoms with Crippen LogP contribution in [0.5, 0.6) is 0 Å². The largest absolute Gasteiger partial charge is 0.303 e. The van der Waals surface area contributed by atoms with Crippen LogP contribution in [0.3, 0.4) is 0 Å². The number of piperidine rings is 1. The first kappa shape index (κ1) is 14.3. The molecule has 2 aromatic rings. The molecule has 1 saturated heterocycles. The maximum Gasteiger partial charge on any atom is 0.123 e. The predicted octanol–water partition coefficient (Wildman–Crippen LogP) is 3.05. The van der Waals surface area contributed by atoms with Crippen LogP contribution in [0.4, 0.5) is 4.39 Å². The summed E-state index contributed by atoms with van der Waals surface area (Å²) in [5, 5.41) is 6.84. The summed E-state index contributed by atoms with van der Waals surface area (Å²) < 4.78 is 12.9. The van der Waals surface area contributed by atoms with Gasteiger partial charge in [-0.05, 0) is 68.0 Å². The zero-order valence-electron chi connectivity index (χ0n) is 12.3. The molecule has 2 heterocycles. The Bertz CT molecular complexity index is 528. The zero-order valence-corrected chi connectivity index (χ0v) is 12.3. The van der Waals surface area contributed by atoms with Crippen molar-refractivity contribution in [2.45, 2.75) is 25.7 Å². The van der Waals surface area contributed by atoms with Crippen LogP contribution in [-0.4, -0.2) is 34.7 Å². The lowest BCUT2D eigenvalue weighted by molar-refractivity contribution is 0.186. The Morgan fingerprint density at radius 2 is 1.90 bits per heavy atom. The molecular weight excluding hydrogens is 265 g/mol. The third-order valence-electron chi connectivity index (χ3n) is 4.42. The fraction of sp³-hybridized carbons (Fsp3) is 0.471. The molecule has 3 rings (SSSR count). The lowest BCUT2D eigenvalue weighted by Crippen LogP contribution is -2.35. The van der Waals surface area contributed by atoms with E-state index in [0.29, 0.717) is 0 Å². The highest BCUT2D eigenvalue weighted by Crippen LogP contribution is 2.22. The highest BCUT2D eigenvalue weighted by Gasteiger charge is 2.19. The molecule has 0 aliphatic carbocycles. The number of hydrogen-bond donors (Lipinski definition) is 1. The number of nitrogens with zero attached hydrogens (tertiary/aromatic N) is 2. The third kappa shape index (κ3) is 4.14. The van der Waals surface area contributed by atoms with E-state index in [1.165, 1.54) is 37.1 Å².